The minimum atomic E-state index is -0.404. The SMILES string of the molecule is CCCC(CCBr)CNC(=O)c1cc(F)ccc1Br. The number of hydrogen-bond donors (Lipinski definition) is 1. The molecule has 106 valence electrons. The van der Waals surface area contributed by atoms with Crippen LogP contribution in [-0.2, 0) is 0 Å². The summed E-state index contributed by atoms with van der Waals surface area (Å²) in [6, 6.07) is 4.12. The Kier molecular flexibility index (Phi) is 7.61. The molecule has 0 fully saturated rings. The van der Waals surface area contributed by atoms with E-state index in [9.17, 15) is 9.18 Å². The number of hydrogen-bond acceptors (Lipinski definition) is 1. The van der Waals surface area contributed by atoms with Crippen molar-refractivity contribution in [3.63, 3.8) is 0 Å². The molecule has 1 atom stereocenters. The molecule has 5 heteroatoms. The summed E-state index contributed by atoms with van der Waals surface area (Å²) < 4.78 is 13.8. The van der Waals surface area contributed by atoms with E-state index in [0.29, 0.717) is 22.5 Å². The predicted molar refractivity (Wildman–Crippen MR) is 83.2 cm³/mol. The average Bonchev–Trinajstić information content (AvgIpc) is 2.39. The summed E-state index contributed by atoms with van der Waals surface area (Å²) in [4.78, 5) is 12.0. The highest BCUT2D eigenvalue weighted by Crippen LogP contribution is 2.18. The fraction of sp³-hybridized carbons (Fsp3) is 0.500. The highest BCUT2D eigenvalue weighted by atomic mass is 79.9. The van der Waals surface area contributed by atoms with Crippen molar-refractivity contribution >= 4 is 37.8 Å². The Morgan fingerprint density at radius 2 is 2.16 bits per heavy atom. The van der Waals surface area contributed by atoms with E-state index < -0.39 is 5.82 Å². The topological polar surface area (TPSA) is 29.1 Å². The molecule has 0 aromatic heterocycles. The van der Waals surface area contributed by atoms with Gasteiger partial charge >= 0.3 is 0 Å². The maximum absolute atomic E-state index is 13.1. The largest absolute Gasteiger partial charge is 0.352 e. The monoisotopic (exact) mass is 393 g/mol. The van der Waals surface area contributed by atoms with Crippen molar-refractivity contribution in [2.75, 3.05) is 11.9 Å². The normalized spacial score (nSPS) is 12.2. The van der Waals surface area contributed by atoms with Crippen LogP contribution in [0.1, 0.15) is 36.5 Å². The molecule has 0 spiro atoms. The Hall–Kier alpha value is -0.420. The smallest absolute Gasteiger partial charge is 0.252 e. The molecule has 1 amide bonds. The molecule has 0 saturated heterocycles. The summed E-state index contributed by atoms with van der Waals surface area (Å²) in [5.74, 6) is -0.179. The molecule has 0 aliphatic carbocycles. The van der Waals surface area contributed by atoms with E-state index in [1.807, 2.05) is 0 Å². The van der Waals surface area contributed by atoms with Crippen molar-refractivity contribution < 1.29 is 9.18 Å². The van der Waals surface area contributed by atoms with Gasteiger partial charge < -0.3 is 5.32 Å². The summed E-state index contributed by atoms with van der Waals surface area (Å²) in [7, 11) is 0. The maximum Gasteiger partial charge on any atom is 0.252 e. The average molecular weight is 395 g/mol. The first-order valence-corrected chi connectivity index (χ1v) is 8.29. The molecule has 0 radical (unpaired) electrons. The molecule has 2 nitrogen and oxygen atoms in total. The van der Waals surface area contributed by atoms with Crippen molar-refractivity contribution in [1.29, 1.82) is 0 Å². The third-order valence-corrected chi connectivity index (χ3v) is 4.09. The van der Waals surface area contributed by atoms with Gasteiger partial charge in [0.15, 0.2) is 0 Å². The number of nitrogens with one attached hydrogen (secondary N) is 1. The molecule has 19 heavy (non-hydrogen) atoms. The van der Waals surface area contributed by atoms with Crippen molar-refractivity contribution in [2.45, 2.75) is 26.2 Å². The number of amides is 1. The van der Waals surface area contributed by atoms with Crippen LogP contribution >= 0.6 is 31.9 Å². The Bertz CT molecular complexity index is 420. The third kappa shape index (κ3) is 5.61. The second kappa shape index (κ2) is 8.69. The molecule has 1 unspecified atom stereocenters. The Labute approximate surface area is 130 Å². The van der Waals surface area contributed by atoms with Gasteiger partial charge in [0.05, 0.1) is 5.56 Å². The van der Waals surface area contributed by atoms with Crippen LogP contribution in [0.3, 0.4) is 0 Å². The molecule has 1 aromatic rings. The summed E-state index contributed by atoms with van der Waals surface area (Å²) in [5, 5.41) is 3.81. The molecular weight excluding hydrogens is 377 g/mol. The highest BCUT2D eigenvalue weighted by molar-refractivity contribution is 9.10. The van der Waals surface area contributed by atoms with Crippen molar-refractivity contribution in [3.8, 4) is 0 Å². The highest BCUT2D eigenvalue weighted by Gasteiger charge is 2.13. The van der Waals surface area contributed by atoms with Crippen LogP contribution in [0.4, 0.5) is 4.39 Å². The Morgan fingerprint density at radius 3 is 2.79 bits per heavy atom. The zero-order valence-electron chi connectivity index (χ0n) is 10.9. The van der Waals surface area contributed by atoms with E-state index in [1.54, 1.807) is 6.07 Å². The van der Waals surface area contributed by atoms with Crippen LogP contribution in [0.25, 0.3) is 0 Å². The van der Waals surface area contributed by atoms with Crippen LogP contribution in [0.5, 0.6) is 0 Å². The van der Waals surface area contributed by atoms with Crippen LogP contribution in [0, 0.1) is 11.7 Å². The van der Waals surface area contributed by atoms with Gasteiger partial charge in [0.1, 0.15) is 5.82 Å². The van der Waals surface area contributed by atoms with Gasteiger partial charge in [-0.2, -0.15) is 0 Å². The second-order valence-corrected chi connectivity index (χ2v) is 6.11. The lowest BCUT2D eigenvalue weighted by Crippen LogP contribution is -2.29. The van der Waals surface area contributed by atoms with Gasteiger partial charge in [-0.05, 0) is 52.9 Å². The molecule has 1 N–H and O–H groups in total. The molecular formula is C14H18Br2FNO. The van der Waals surface area contributed by atoms with Gasteiger partial charge in [-0.1, -0.05) is 29.3 Å². The Morgan fingerprint density at radius 1 is 1.42 bits per heavy atom. The predicted octanol–water partition coefficient (Wildman–Crippen LogP) is 4.52. The first-order chi connectivity index (χ1) is 9.08. The quantitative estimate of drug-likeness (QED) is 0.676. The molecule has 1 aromatic carbocycles. The summed E-state index contributed by atoms with van der Waals surface area (Å²) in [5.41, 5.74) is 0.342. The summed E-state index contributed by atoms with van der Waals surface area (Å²) in [6.07, 6.45) is 3.20. The summed E-state index contributed by atoms with van der Waals surface area (Å²) >= 11 is 6.69. The number of carbonyl (C=O) groups excluding carboxylic acids is 1. The van der Waals surface area contributed by atoms with Gasteiger partial charge in [-0.3, -0.25) is 4.79 Å². The van der Waals surface area contributed by atoms with Gasteiger partial charge in [0, 0.05) is 16.3 Å². The minimum absolute atomic E-state index is 0.234. The fourth-order valence-corrected chi connectivity index (χ4v) is 2.99. The van der Waals surface area contributed by atoms with E-state index in [-0.39, 0.29) is 5.91 Å². The van der Waals surface area contributed by atoms with Crippen LogP contribution in [-0.4, -0.2) is 17.8 Å². The van der Waals surface area contributed by atoms with Crippen LogP contribution in [0.15, 0.2) is 22.7 Å². The first-order valence-electron chi connectivity index (χ1n) is 6.37. The van der Waals surface area contributed by atoms with Crippen molar-refractivity contribution in [3.05, 3.63) is 34.1 Å². The van der Waals surface area contributed by atoms with Crippen LogP contribution in [0.2, 0.25) is 0 Å². The standard InChI is InChI=1S/C14H18Br2FNO/c1-2-3-10(6-7-15)9-18-14(19)12-8-11(17)4-5-13(12)16/h4-5,8,10H,2-3,6-7,9H2,1H3,(H,18,19). The zero-order chi connectivity index (χ0) is 14.3. The first kappa shape index (κ1) is 16.6. The van der Waals surface area contributed by atoms with E-state index in [0.717, 1.165) is 24.6 Å². The molecule has 1 rings (SSSR count). The van der Waals surface area contributed by atoms with E-state index >= 15 is 0 Å². The minimum Gasteiger partial charge on any atom is -0.352 e. The van der Waals surface area contributed by atoms with E-state index in [1.165, 1.54) is 12.1 Å². The lowest BCUT2D eigenvalue weighted by Gasteiger charge is -2.16. The lowest BCUT2D eigenvalue weighted by atomic mass is 10.0. The number of benzene rings is 1. The second-order valence-electron chi connectivity index (χ2n) is 4.47. The number of alkyl halides is 1. The number of halogens is 3. The van der Waals surface area contributed by atoms with Crippen molar-refractivity contribution in [1.82, 2.24) is 5.32 Å². The number of carbonyl (C=O) groups is 1. The van der Waals surface area contributed by atoms with Crippen molar-refractivity contribution in [2.24, 2.45) is 5.92 Å². The molecule has 0 bridgehead atoms. The maximum atomic E-state index is 13.1. The Balaban J connectivity index is 2.61. The molecule has 0 saturated carbocycles. The van der Waals surface area contributed by atoms with E-state index in [4.69, 9.17) is 0 Å². The fourth-order valence-electron chi connectivity index (χ4n) is 1.91. The zero-order valence-corrected chi connectivity index (χ0v) is 14.1. The molecule has 0 aliphatic rings. The van der Waals surface area contributed by atoms with Gasteiger partial charge in [-0.15, -0.1) is 0 Å². The van der Waals surface area contributed by atoms with Gasteiger partial charge in [0.2, 0.25) is 0 Å². The molecule has 0 heterocycles. The van der Waals surface area contributed by atoms with Gasteiger partial charge in [-0.25, -0.2) is 4.39 Å². The third-order valence-electron chi connectivity index (χ3n) is 2.94. The molecule has 0 aliphatic heterocycles. The lowest BCUT2D eigenvalue weighted by molar-refractivity contribution is 0.0945. The summed E-state index contributed by atoms with van der Waals surface area (Å²) in [6.45, 7) is 2.76. The van der Waals surface area contributed by atoms with E-state index in [2.05, 4.69) is 44.1 Å². The van der Waals surface area contributed by atoms with Crippen LogP contribution < -0.4 is 5.32 Å². The van der Waals surface area contributed by atoms with Gasteiger partial charge in [0.25, 0.3) is 5.91 Å². The number of rotatable bonds is 7.